The quantitative estimate of drug-likeness (QED) is 0.671. The smallest absolute Gasteiger partial charge is 0.0911 e. The Morgan fingerprint density at radius 3 is 3.09 bits per heavy atom. The van der Waals surface area contributed by atoms with Crippen LogP contribution in [-0.4, -0.2) is 9.71 Å². The van der Waals surface area contributed by atoms with Crippen LogP contribution in [0.2, 0.25) is 0 Å². The molecule has 0 aliphatic heterocycles. The first kappa shape index (κ1) is 6.67. The van der Waals surface area contributed by atoms with Crippen molar-refractivity contribution in [1.82, 2.24) is 9.71 Å². The number of rotatable bonds is 0. The molecule has 0 aliphatic rings. The lowest BCUT2D eigenvalue weighted by Gasteiger charge is -2.04. The Kier molecular flexibility index (Phi) is 1.35. The van der Waals surface area contributed by atoms with E-state index >= 15 is 0 Å². The van der Waals surface area contributed by atoms with Gasteiger partial charge in [-0.1, -0.05) is 15.9 Å². The third-order valence-corrected chi connectivity index (χ3v) is 1.97. The number of imidazole rings is 1. The molecule has 2 aromatic rings. The van der Waals surface area contributed by atoms with E-state index in [2.05, 4.69) is 20.9 Å². The third-order valence-electron chi connectivity index (χ3n) is 1.48. The highest BCUT2D eigenvalue weighted by Crippen LogP contribution is 2.17. The van der Waals surface area contributed by atoms with Crippen LogP contribution in [0.1, 0.15) is 0 Å². The summed E-state index contributed by atoms with van der Waals surface area (Å²) in [6, 6.07) is 5.40. The topological polar surface area (TPSA) is 40.9 Å². The second-order valence-corrected chi connectivity index (χ2v) is 3.12. The van der Waals surface area contributed by atoms with Crippen LogP contribution in [0.5, 0.6) is 0 Å². The Balaban J connectivity index is 2.87. The Labute approximate surface area is 71.4 Å². The van der Waals surface area contributed by atoms with Crippen LogP contribution in [0.15, 0.2) is 29.0 Å². The number of benzene rings is 1. The lowest BCUT2D eigenvalue weighted by Crippen LogP contribution is -1.80. The molecule has 4 heteroatoms. The molecule has 0 fully saturated rings. The minimum Gasteiger partial charge on any atom is -0.805 e. The van der Waals surface area contributed by atoms with Crippen molar-refractivity contribution < 1.29 is 0 Å². The van der Waals surface area contributed by atoms with Gasteiger partial charge < -0.3 is 9.94 Å². The van der Waals surface area contributed by atoms with Crippen molar-refractivity contribution in [3.8, 4) is 0 Å². The first-order valence-electron chi connectivity index (χ1n) is 3.07. The lowest BCUT2D eigenvalue weighted by atomic mass is 10.3. The Morgan fingerprint density at radius 2 is 2.27 bits per heavy atom. The highest BCUT2D eigenvalue weighted by molar-refractivity contribution is 9.10. The van der Waals surface area contributed by atoms with E-state index in [1.165, 1.54) is 6.33 Å². The molecule has 1 aromatic heterocycles. The van der Waals surface area contributed by atoms with E-state index in [4.69, 9.17) is 0 Å². The molecule has 0 aliphatic carbocycles. The molecular formula is C7H4BrN2O-. The van der Waals surface area contributed by atoms with Crippen LogP contribution in [0.25, 0.3) is 11.0 Å². The third kappa shape index (κ3) is 0.991. The van der Waals surface area contributed by atoms with Gasteiger partial charge in [0.1, 0.15) is 0 Å². The molecule has 0 saturated heterocycles. The van der Waals surface area contributed by atoms with Crippen LogP contribution >= 0.6 is 15.9 Å². The average molecular weight is 212 g/mol. The molecule has 1 heterocycles. The molecule has 0 bridgehead atoms. The van der Waals surface area contributed by atoms with Crippen molar-refractivity contribution >= 4 is 27.0 Å². The first-order chi connectivity index (χ1) is 5.27. The highest BCUT2D eigenvalue weighted by atomic mass is 79.9. The van der Waals surface area contributed by atoms with Gasteiger partial charge in [-0.3, -0.25) is 0 Å². The molecule has 0 atom stereocenters. The van der Waals surface area contributed by atoms with Gasteiger partial charge in [0, 0.05) is 4.47 Å². The standard InChI is InChI=1S/C7H4BrN2O/c8-5-1-2-6-7(3-5)10(11)4-9-6/h1-4H/q-1. The summed E-state index contributed by atoms with van der Waals surface area (Å²) in [7, 11) is 0. The van der Waals surface area contributed by atoms with E-state index in [-0.39, 0.29) is 0 Å². The molecule has 0 spiro atoms. The van der Waals surface area contributed by atoms with Crippen LogP contribution in [0.3, 0.4) is 0 Å². The minimum absolute atomic E-state index is 0.597. The van der Waals surface area contributed by atoms with Gasteiger partial charge in [-0.05, 0) is 18.2 Å². The van der Waals surface area contributed by atoms with Gasteiger partial charge in [0.15, 0.2) is 0 Å². The number of hydrogen-bond donors (Lipinski definition) is 0. The zero-order chi connectivity index (χ0) is 7.84. The van der Waals surface area contributed by atoms with E-state index in [1.54, 1.807) is 12.1 Å². The van der Waals surface area contributed by atoms with E-state index in [9.17, 15) is 5.21 Å². The summed E-state index contributed by atoms with van der Waals surface area (Å²) in [6.07, 6.45) is 1.26. The van der Waals surface area contributed by atoms with Gasteiger partial charge in [-0.15, -0.1) is 0 Å². The molecule has 0 radical (unpaired) electrons. The molecule has 0 N–H and O–H groups in total. The summed E-state index contributed by atoms with van der Waals surface area (Å²) in [6.45, 7) is 0. The molecule has 0 amide bonds. The van der Waals surface area contributed by atoms with Gasteiger partial charge >= 0.3 is 0 Å². The van der Waals surface area contributed by atoms with Crippen molar-refractivity contribution in [1.29, 1.82) is 0 Å². The van der Waals surface area contributed by atoms with E-state index < -0.39 is 0 Å². The summed E-state index contributed by atoms with van der Waals surface area (Å²) in [5.41, 5.74) is 1.32. The Bertz CT molecular complexity index is 396. The first-order valence-corrected chi connectivity index (χ1v) is 3.87. The molecule has 3 nitrogen and oxygen atoms in total. The molecular weight excluding hydrogens is 208 g/mol. The Hall–Kier alpha value is -1.03. The Morgan fingerprint density at radius 1 is 1.45 bits per heavy atom. The van der Waals surface area contributed by atoms with Crippen LogP contribution in [-0.2, 0) is 0 Å². The lowest BCUT2D eigenvalue weighted by molar-refractivity contribution is 1.11. The van der Waals surface area contributed by atoms with Gasteiger partial charge in [0.25, 0.3) is 0 Å². The summed E-state index contributed by atoms with van der Waals surface area (Å²) < 4.78 is 1.64. The molecule has 2 rings (SSSR count). The second-order valence-electron chi connectivity index (χ2n) is 2.20. The number of hydrogen-bond acceptors (Lipinski definition) is 2. The molecule has 1 aromatic carbocycles. The SMILES string of the molecule is [O-]n1cnc2ccc(Br)cc21. The van der Waals surface area contributed by atoms with Gasteiger partial charge in [-0.25, -0.2) is 4.98 Å². The summed E-state index contributed by atoms with van der Waals surface area (Å²) in [4.78, 5) is 3.89. The van der Waals surface area contributed by atoms with Crippen LogP contribution in [0, 0.1) is 5.21 Å². The van der Waals surface area contributed by atoms with E-state index in [0.29, 0.717) is 5.52 Å². The minimum atomic E-state index is 0.597. The molecule has 56 valence electrons. The van der Waals surface area contributed by atoms with Gasteiger partial charge in [0.2, 0.25) is 0 Å². The summed E-state index contributed by atoms with van der Waals surface area (Å²) >= 11 is 3.27. The average Bonchev–Trinajstić information content (AvgIpc) is 2.33. The fraction of sp³-hybridized carbons (Fsp3) is 0. The van der Waals surface area contributed by atoms with Crippen LogP contribution < -0.4 is 0 Å². The zero-order valence-corrected chi connectivity index (χ0v) is 7.08. The van der Waals surface area contributed by atoms with Crippen molar-refractivity contribution in [2.45, 2.75) is 0 Å². The molecule has 0 unspecified atom stereocenters. The number of aromatic nitrogens is 2. The highest BCUT2D eigenvalue weighted by Gasteiger charge is 1.95. The largest absolute Gasteiger partial charge is 0.805 e. The van der Waals surface area contributed by atoms with Crippen molar-refractivity contribution in [2.24, 2.45) is 0 Å². The maximum absolute atomic E-state index is 11.0. The van der Waals surface area contributed by atoms with Crippen molar-refractivity contribution in [2.75, 3.05) is 0 Å². The van der Waals surface area contributed by atoms with Crippen LogP contribution in [0.4, 0.5) is 0 Å². The number of nitrogens with zero attached hydrogens (tertiary/aromatic N) is 2. The summed E-state index contributed by atoms with van der Waals surface area (Å²) in [5.74, 6) is 0. The molecule has 11 heavy (non-hydrogen) atoms. The second kappa shape index (κ2) is 2.23. The van der Waals surface area contributed by atoms with Crippen molar-refractivity contribution in [3.63, 3.8) is 0 Å². The zero-order valence-electron chi connectivity index (χ0n) is 5.49. The van der Waals surface area contributed by atoms with E-state index in [1.807, 2.05) is 6.07 Å². The van der Waals surface area contributed by atoms with Gasteiger partial charge in [-0.2, -0.15) is 0 Å². The molecule has 0 saturated carbocycles. The monoisotopic (exact) mass is 211 g/mol. The maximum atomic E-state index is 11.0. The maximum Gasteiger partial charge on any atom is 0.0911 e. The van der Waals surface area contributed by atoms with Crippen molar-refractivity contribution in [3.05, 3.63) is 34.2 Å². The number of halogens is 1. The fourth-order valence-corrected chi connectivity index (χ4v) is 1.31. The number of fused-ring (bicyclic) bond motifs is 1. The predicted molar refractivity (Wildman–Crippen MR) is 46.2 cm³/mol. The summed E-state index contributed by atoms with van der Waals surface area (Å²) in [5, 5.41) is 11.0. The predicted octanol–water partition coefficient (Wildman–Crippen LogP) is 2.14. The van der Waals surface area contributed by atoms with E-state index in [0.717, 1.165) is 14.7 Å². The normalized spacial score (nSPS) is 10.6. The van der Waals surface area contributed by atoms with Gasteiger partial charge in [0.05, 0.1) is 17.4 Å². The fourth-order valence-electron chi connectivity index (χ4n) is 0.959.